The summed E-state index contributed by atoms with van der Waals surface area (Å²) in [5.74, 6) is -0.493. The second kappa shape index (κ2) is 8.33. The van der Waals surface area contributed by atoms with Gasteiger partial charge in [-0.2, -0.15) is 10.1 Å². The van der Waals surface area contributed by atoms with Crippen LogP contribution in [0.1, 0.15) is 44.6 Å². The van der Waals surface area contributed by atoms with Crippen LogP contribution in [-0.4, -0.2) is 41.2 Å². The quantitative estimate of drug-likeness (QED) is 0.597. The second-order valence-electron chi connectivity index (χ2n) is 7.57. The summed E-state index contributed by atoms with van der Waals surface area (Å²) >= 11 is 0. The molecule has 1 aliphatic carbocycles. The SMILES string of the molecule is CCC1C(=O)N(C)c2cnc(N/N=C/c3c(F)cccc3F)nc2N1C1CCCC1. The molecule has 1 aromatic heterocycles. The Morgan fingerprint density at radius 3 is 2.63 bits per heavy atom. The molecule has 2 aliphatic rings. The van der Waals surface area contributed by atoms with E-state index < -0.39 is 11.6 Å². The molecule has 158 valence electrons. The monoisotopic (exact) mass is 414 g/mol. The lowest BCUT2D eigenvalue weighted by molar-refractivity contribution is -0.120. The zero-order valence-corrected chi connectivity index (χ0v) is 17.0. The van der Waals surface area contributed by atoms with Crippen LogP contribution in [0.2, 0.25) is 0 Å². The summed E-state index contributed by atoms with van der Waals surface area (Å²) < 4.78 is 27.5. The number of aromatic nitrogens is 2. The third-order valence-corrected chi connectivity index (χ3v) is 5.77. The maximum absolute atomic E-state index is 13.8. The largest absolute Gasteiger partial charge is 0.340 e. The number of nitrogens with zero attached hydrogens (tertiary/aromatic N) is 5. The molecule has 1 unspecified atom stereocenters. The van der Waals surface area contributed by atoms with Crippen molar-refractivity contribution in [2.75, 3.05) is 22.3 Å². The highest BCUT2D eigenvalue weighted by molar-refractivity contribution is 6.04. The van der Waals surface area contributed by atoms with Gasteiger partial charge in [-0.1, -0.05) is 25.8 Å². The molecule has 30 heavy (non-hydrogen) atoms. The van der Waals surface area contributed by atoms with E-state index in [0.717, 1.165) is 44.0 Å². The van der Waals surface area contributed by atoms with Gasteiger partial charge in [-0.25, -0.2) is 19.2 Å². The van der Waals surface area contributed by atoms with Crippen molar-refractivity contribution in [3.8, 4) is 0 Å². The van der Waals surface area contributed by atoms with Gasteiger partial charge in [0, 0.05) is 13.1 Å². The summed E-state index contributed by atoms with van der Waals surface area (Å²) in [5.41, 5.74) is 3.05. The van der Waals surface area contributed by atoms with Gasteiger partial charge in [0.05, 0.1) is 18.0 Å². The number of carbonyl (C=O) groups is 1. The number of nitrogens with one attached hydrogen (secondary N) is 1. The van der Waals surface area contributed by atoms with Gasteiger partial charge in [0.2, 0.25) is 11.9 Å². The van der Waals surface area contributed by atoms with Crippen molar-refractivity contribution in [2.45, 2.75) is 51.1 Å². The number of anilines is 3. The maximum Gasteiger partial charge on any atom is 0.249 e. The minimum Gasteiger partial charge on any atom is -0.340 e. The number of fused-ring (bicyclic) bond motifs is 1. The molecule has 1 saturated carbocycles. The van der Waals surface area contributed by atoms with Crippen LogP contribution in [0.25, 0.3) is 0 Å². The minimum atomic E-state index is -0.703. The summed E-state index contributed by atoms with van der Waals surface area (Å²) in [6, 6.07) is 3.60. The number of halogens is 2. The molecule has 0 bridgehead atoms. The molecule has 1 fully saturated rings. The van der Waals surface area contributed by atoms with Crippen LogP contribution in [0, 0.1) is 11.6 Å². The van der Waals surface area contributed by atoms with Crippen LogP contribution in [0.4, 0.5) is 26.2 Å². The topological polar surface area (TPSA) is 73.7 Å². The predicted molar refractivity (Wildman–Crippen MR) is 112 cm³/mol. The molecule has 1 amide bonds. The van der Waals surface area contributed by atoms with Crippen LogP contribution in [0.5, 0.6) is 0 Å². The molecular formula is C21H24F2N6O. The van der Waals surface area contributed by atoms with Gasteiger partial charge in [0.1, 0.15) is 23.4 Å². The Kier molecular flexibility index (Phi) is 5.61. The Hall–Kier alpha value is -3.10. The average Bonchev–Trinajstić information content (AvgIpc) is 3.27. The standard InChI is InChI=1S/C21H24F2N6O/c1-3-17-20(30)28(2)18-12-24-21(26-19(18)29(17)13-7-4-5-8-13)27-25-11-14-15(22)9-6-10-16(14)23/h6,9-13,17H,3-5,7-8H2,1-2H3,(H,24,26,27)/b25-11+. The average molecular weight is 414 g/mol. The van der Waals surface area contributed by atoms with Crippen LogP contribution in [0.15, 0.2) is 29.5 Å². The Balaban J connectivity index is 1.64. The lowest BCUT2D eigenvalue weighted by Gasteiger charge is -2.43. The van der Waals surface area contributed by atoms with E-state index in [1.54, 1.807) is 18.1 Å². The molecule has 9 heteroatoms. The van der Waals surface area contributed by atoms with Gasteiger partial charge >= 0.3 is 0 Å². The zero-order valence-electron chi connectivity index (χ0n) is 17.0. The third-order valence-electron chi connectivity index (χ3n) is 5.77. The summed E-state index contributed by atoms with van der Waals surface area (Å²) in [4.78, 5) is 25.4. The lowest BCUT2D eigenvalue weighted by atomic mass is 10.0. The predicted octanol–water partition coefficient (Wildman–Crippen LogP) is 3.70. The molecule has 1 atom stereocenters. The van der Waals surface area contributed by atoms with Gasteiger partial charge < -0.3 is 9.80 Å². The summed E-state index contributed by atoms with van der Waals surface area (Å²) in [6.07, 6.45) is 7.62. The van der Waals surface area contributed by atoms with E-state index in [-0.39, 0.29) is 29.5 Å². The van der Waals surface area contributed by atoms with Crippen molar-refractivity contribution < 1.29 is 13.6 Å². The molecule has 0 spiro atoms. The molecular weight excluding hydrogens is 390 g/mol. The molecule has 1 aliphatic heterocycles. The first kappa shape index (κ1) is 20.2. The van der Waals surface area contributed by atoms with E-state index in [0.29, 0.717) is 17.9 Å². The number of hydrazone groups is 1. The highest BCUT2D eigenvalue weighted by atomic mass is 19.1. The zero-order chi connectivity index (χ0) is 21.3. The van der Waals surface area contributed by atoms with Crippen molar-refractivity contribution >= 4 is 29.6 Å². The molecule has 2 aromatic rings. The highest BCUT2D eigenvalue weighted by Crippen LogP contribution is 2.39. The van der Waals surface area contributed by atoms with E-state index in [1.807, 2.05) is 6.92 Å². The number of rotatable bonds is 5. The first-order valence-electron chi connectivity index (χ1n) is 10.2. The van der Waals surface area contributed by atoms with Gasteiger partial charge in [-0.3, -0.25) is 4.79 Å². The van der Waals surface area contributed by atoms with Gasteiger partial charge in [-0.15, -0.1) is 0 Å². The van der Waals surface area contributed by atoms with E-state index in [9.17, 15) is 13.6 Å². The van der Waals surface area contributed by atoms with Crippen molar-refractivity contribution in [2.24, 2.45) is 5.10 Å². The second-order valence-corrected chi connectivity index (χ2v) is 7.57. The van der Waals surface area contributed by atoms with E-state index >= 15 is 0 Å². The van der Waals surface area contributed by atoms with Crippen molar-refractivity contribution in [1.29, 1.82) is 0 Å². The fraction of sp³-hybridized carbons (Fsp3) is 0.429. The Morgan fingerprint density at radius 2 is 1.97 bits per heavy atom. The summed E-state index contributed by atoms with van der Waals surface area (Å²) in [7, 11) is 1.73. The summed E-state index contributed by atoms with van der Waals surface area (Å²) in [5, 5.41) is 3.90. The fourth-order valence-corrected chi connectivity index (χ4v) is 4.23. The van der Waals surface area contributed by atoms with E-state index in [1.165, 1.54) is 6.07 Å². The van der Waals surface area contributed by atoms with Crippen LogP contribution in [-0.2, 0) is 4.79 Å². The van der Waals surface area contributed by atoms with Crippen molar-refractivity contribution in [3.05, 3.63) is 41.6 Å². The van der Waals surface area contributed by atoms with Crippen LogP contribution in [0.3, 0.4) is 0 Å². The highest BCUT2D eigenvalue weighted by Gasteiger charge is 2.41. The Labute approximate surface area is 173 Å². The molecule has 7 nitrogen and oxygen atoms in total. The number of benzene rings is 1. The summed E-state index contributed by atoms with van der Waals surface area (Å²) in [6.45, 7) is 2.00. The van der Waals surface area contributed by atoms with Crippen LogP contribution < -0.4 is 15.2 Å². The smallest absolute Gasteiger partial charge is 0.249 e. The Morgan fingerprint density at radius 1 is 1.27 bits per heavy atom. The fourth-order valence-electron chi connectivity index (χ4n) is 4.23. The van der Waals surface area contributed by atoms with E-state index in [4.69, 9.17) is 0 Å². The molecule has 1 aromatic carbocycles. The Bertz CT molecular complexity index is 956. The number of hydrogen-bond donors (Lipinski definition) is 1. The van der Waals surface area contributed by atoms with Crippen LogP contribution >= 0.6 is 0 Å². The van der Waals surface area contributed by atoms with Crippen molar-refractivity contribution in [1.82, 2.24) is 9.97 Å². The van der Waals surface area contributed by atoms with Crippen molar-refractivity contribution in [3.63, 3.8) is 0 Å². The molecule has 4 rings (SSSR count). The molecule has 1 N–H and O–H groups in total. The molecule has 0 radical (unpaired) electrons. The first-order valence-corrected chi connectivity index (χ1v) is 10.2. The number of amides is 1. The van der Waals surface area contributed by atoms with Gasteiger partial charge in [0.15, 0.2) is 5.82 Å². The van der Waals surface area contributed by atoms with Gasteiger partial charge in [-0.05, 0) is 31.4 Å². The first-order chi connectivity index (χ1) is 14.5. The molecule has 2 heterocycles. The number of hydrogen-bond acceptors (Lipinski definition) is 6. The van der Waals surface area contributed by atoms with E-state index in [2.05, 4.69) is 25.4 Å². The minimum absolute atomic E-state index is 0.0364. The van der Waals surface area contributed by atoms with Gasteiger partial charge in [0.25, 0.3) is 0 Å². The number of carbonyl (C=O) groups excluding carboxylic acids is 1. The number of likely N-dealkylation sites (N-methyl/N-ethyl adjacent to an activating group) is 1. The molecule has 0 saturated heterocycles. The third kappa shape index (κ3) is 3.59. The lowest BCUT2D eigenvalue weighted by Crippen LogP contribution is -2.55. The maximum atomic E-state index is 13.8. The normalized spacial score (nSPS) is 19.6.